The lowest BCUT2D eigenvalue weighted by atomic mass is 9.91. The Kier molecular flexibility index (Phi) is 7.82. The second-order valence-electron chi connectivity index (χ2n) is 11.0. The molecule has 4 aliphatic rings. The van der Waals surface area contributed by atoms with Gasteiger partial charge in [-0.1, -0.05) is 38.0 Å². The predicted octanol–water partition coefficient (Wildman–Crippen LogP) is 4.69. The van der Waals surface area contributed by atoms with E-state index >= 15 is 0 Å². The number of thioether (sulfide) groups is 1. The summed E-state index contributed by atoms with van der Waals surface area (Å²) in [5.74, 6) is 1.47. The third-order valence-corrected chi connectivity index (χ3v) is 9.46. The fourth-order valence-corrected chi connectivity index (χ4v) is 6.72. The summed E-state index contributed by atoms with van der Waals surface area (Å²) in [6.07, 6.45) is 16.6. The van der Waals surface area contributed by atoms with Gasteiger partial charge in [0.15, 0.2) is 0 Å². The second kappa shape index (κ2) is 11.1. The summed E-state index contributed by atoms with van der Waals surface area (Å²) >= 11 is 1.75. The molecule has 1 saturated heterocycles. The number of rotatable bonds is 11. The van der Waals surface area contributed by atoms with Crippen LogP contribution >= 0.6 is 11.8 Å². The molecule has 1 amide bonds. The highest BCUT2D eigenvalue weighted by Gasteiger charge is 2.58. The Morgan fingerprint density at radius 2 is 2.11 bits per heavy atom. The number of aliphatic imine (C=N–C) groups is 1. The lowest BCUT2D eigenvalue weighted by Crippen LogP contribution is -2.36. The van der Waals surface area contributed by atoms with E-state index in [1.54, 1.807) is 11.8 Å². The summed E-state index contributed by atoms with van der Waals surface area (Å²) in [5, 5.41) is 3.71. The minimum Gasteiger partial charge on any atom is -0.346 e. The third-order valence-electron chi connectivity index (χ3n) is 8.49. The van der Waals surface area contributed by atoms with Crippen LogP contribution in [-0.4, -0.2) is 63.5 Å². The van der Waals surface area contributed by atoms with Crippen LogP contribution in [0.5, 0.6) is 0 Å². The van der Waals surface area contributed by atoms with Gasteiger partial charge in [0, 0.05) is 18.8 Å². The largest absolute Gasteiger partial charge is 0.346 e. The first-order chi connectivity index (χ1) is 17.5. The summed E-state index contributed by atoms with van der Waals surface area (Å²) in [6.45, 7) is 4.09. The maximum atomic E-state index is 13.3. The van der Waals surface area contributed by atoms with Gasteiger partial charge in [-0.3, -0.25) is 14.6 Å². The molecular formula is C28H39N5O2S. The van der Waals surface area contributed by atoms with Gasteiger partial charge in [0.05, 0.1) is 34.8 Å². The number of unbranched alkanes of at least 4 members (excludes halogenated alkanes) is 2. The summed E-state index contributed by atoms with van der Waals surface area (Å²) in [7, 11) is 2.17. The van der Waals surface area contributed by atoms with E-state index in [0.717, 1.165) is 75.1 Å². The second-order valence-corrected chi connectivity index (χ2v) is 12.0. The average molecular weight is 510 g/mol. The molecule has 2 unspecified atom stereocenters. The van der Waals surface area contributed by atoms with E-state index in [-0.39, 0.29) is 29.3 Å². The van der Waals surface area contributed by atoms with E-state index in [0.29, 0.717) is 23.9 Å². The number of aromatic nitrogens is 2. The SMILES string of the molecule is CCC(=O)CCCCC[C@H](NC(=O)[C@H]1CC12CCN(C)CC2)c1ncc(C2=CC3SC=NC3C=C2)[nH]1. The lowest BCUT2D eigenvalue weighted by molar-refractivity contribution is -0.124. The Morgan fingerprint density at radius 1 is 1.28 bits per heavy atom. The van der Waals surface area contributed by atoms with Crippen molar-refractivity contribution in [1.82, 2.24) is 20.2 Å². The zero-order valence-electron chi connectivity index (χ0n) is 21.5. The normalized spacial score (nSPS) is 27.1. The molecular weight excluding hydrogens is 470 g/mol. The first-order valence-electron chi connectivity index (χ1n) is 13.6. The molecule has 2 aliphatic carbocycles. The first kappa shape index (κ1) is 25.5. The van der Waals surface area contributed by atoms with Crippen molar-refractivity contribution in [3.8, 4) is 0 Å². The van der Waals surface area contributed by atoms with Crippen LogP contribution in [0.2, 0.25) is 0 Å². The smallest absolute Gasteiger partial charge is 0.224 e. The molecule has 1 aromatic heterocycles. The van der Waals surface area contributed by atoms with Crippen molar-refractivity contribution in [2.45, 2.75) is 82.0 Å². The van der Waals surface area contributed by atoms with Gasteiger partial charge in [-0.2, -0.15) is 0 Å². The maximum Gasteiger partial charge on any atom is 0.224 e. The number of aromatic amines is 1. The number of hydrogen-bond donors (Lipinski definition) is 2. The lowest BCUT2D eigenvalue weighted by Gasteiger charge is -2.30. The molecule has 8 heteroatoms. The van der Waals surface area contributed by atoms with Gasteiger partial charge in [-0.05, 0) is 63.2 Å². The van der Waals surface area contributed by atoms with E-state index in [9.17, 15) is 9.59 Å². The molecule has 5 rings (SSSR count). The van der Waals surface area contributed by atoms with Crippen molar-refractivity contribution < 1.29 is 9.59 Å². The molecule has 2 N–H and O–H groups in total. The quantitative estimate of drug-likeness (QED) is 0.422. The number of nitrogens with zero attached hydrogens (tertiary/aromatic N) is 3. The number of nitrogens with one attached hydrogen (secondary N) is 2. The van der Waals surface area contributed by atoms with Gasteiger partial charge >= 0.3 is 0 Å². The number of fused-ring (bicyclic) bond motifs is 1. The monoisotopic (exact) mass is 509 g/mol. The van der Waals surface area contributed by atoms with Crippen LogP contribution < -0.4 is 5.32 Å². The predicted molar refractivity (Wildman–Crippen MR) is 146 cm³/mol. The summed E-state index contributed by atoms with van der Waals surface area (Å²) in [6, 6.07) is 0.0976. The Hall–Kier alpha value is -2.19. The van der Waals surface area contributed by atoms with E-state index in [1.165, 1.54) is 0 Å². The van der Waals surface area contributed by atoms with Crippen LogP contribution in [-0.2, 0) is 9.59 Å². The molecule has 2 aliphatic heterocycles. The number of carbonyl (C=O) groups is 2. The van der Waals surface area contributed by atoms with Gasteiger partial charge in [-0.15, -0.1) is 11.8 Å². The molecule has 0 radical (unpaired) electrons. The van der Waals surface area contributed by atoms with Crippen LogP contribution in [0.15, 0.2) is 29.4 Å². The molecule has 0 aromatic carbocycles. The zero-order chi connectivity index (χ0) is 25.1. The molecule has 0 bridgehead atoms. The number of hydrogen-bond acceptors (Lipinski definition) is 6. The number of imidazole rings is 1. The van der Waals surface area contributed by atoms with Crippen LogP contribution in [0.25, 0.3) is 5.57 Å². The minimum atomic E-state index is -0.137. The van der Waals surface area contributed by atoms with E-state index < -0.39 is 0 Å². The van der Waals surface area contributed by atoms with Gasteiger partial charge < -0.3 is 15.2 Å². The highest BCUT2D eigenvalue weighted by atomic mass is 32.2. The molecule has 1 spiro atoms. The Morgan fingerprint density at radius 3 is 2.92 bits per heavy atom. The first-order valence-corrected chi connectivity index (χ1v) is 14.5. The van der Waals surface area contributed by atoms with Crippen molar-refractivity contribution in [3.05, 3.63) is 35.9 Å². The van der Waals surface area contributed by atoms with Crippen molar-refractivity contribution in [1.29, 1.82) is 0 Å². The highest BCUT2D eigenvalue weighted by molar-refractivity contribution is 8.13. The van der Waals surface area contributed by atoms with Crippen LogP contribution in [0.1, 0.15) is 82.3 Å². The number of Topliss-reactive ketones (excluding diaryl/α,β-unsaturated/α-hetero) is 1. The number of H-pyrrole nitrogens is 1. The summed E-state index contributed by atoms with van der Waals surface area (Å²) < 4.78 is 0. The fraction of sp³-hybridized carbons (Fsp3) is 0.643. The number of amides is 1. The van der Waals surface area contributed by atoms with Crippen molar-refractivity contribution in [3.63, 3.8) is 0 Å². The summed E-state index contributed by atoms with van der Waals surface area (Å²) in [5.41, 5.74) is 4.26. The number of carbonyl (C=O) groups excluding carboxylic acids is 2. The van der Waals surface area contributed by atoms with Crippen molar-refractivity contribution in [2.24, 2.45) is 16.3 Å². The van der Waals surface area contributed by atoms with Gasteiger partial charge in [0.25, 0.3) is 0 Å². The Balaban J connectivity index is 1.23. The molecule has 4 atom stereocenters. The molecule has 1 aromatic rings. The summed E-state index contributed by atoms with van der Waals surface area (Å²) in [4.78, 5) is 40.1. The van der Waals surface area contributed by atoms with Gasteiger partial charge in [-0.25, -0.2) is 4.98 Å². The maximum absolute atomic E-state index is 13.3. The van der Waals surface area contributed by atoms with Crippen LogP contribution in [0.3, 0.4) is 0 Å². The molecule has 194 valence electrons. The Bertz CT molecular complexity index is 1050. The highest BCUT2D eigenvalue weighted by Crippen LogP contribution is 2.59. The van der Waals surface area contributed by atoms with Gasteiger partial charge in [0.1, 0.15) is 11.6 Å². The van der Waals surface area contributed by atoms with Crippen LogP contribution in [0, 0.1) is 11.3 Å². The van der Waals surface area contributed by atoms with E-state index in [2.05, 4.69) is 45.5 Å². The average Bonchev–Trinajstić information content (AvgIpc) is 3.21. The van der Waals surface area contributed by atoms with E-state index in [4.69, 9.17) is 4.98 Å². The molecule has 7 nitrogen and oxygen atoms in total. The van der Waals surface area contributed by atoms with Crippen molar-refractivity contribution in [2.75, 3.05) is 20.1 Å². The minimum absolute atomic E-state index is 0.130. The standard InChI is InChI=1S/C28H39N5O2S/c1-3-20(34)7-5-4-6-8-23(32-27(35)21-16-28(21)11-13-33(2)14-12-28)26-29-17-24(31-26)19-9-10-22-25(15-19)36-18-30-22/h9-10,15,17-18,21-23,25H,3-8,11-14,16H2,1-2H3,(H,29,31)(H,32,35)/t21-,22?,23+,25?/m1/s1. The number of ketones is 1. The van der Waals surface area contributed by atoms with Gasteiger partial charge in [0.2, 0.25) is 5.91 Å². The number of piperidine rings is 1. The number of likely N-dealkylation sites (tertiary alicyclic amines) is 1. The van der Waals surface area contributed by atoms with E-state index in [1.807, 2.05) is 18.7 Å². The molecule has 2 fully saturated rings. The zero-order valence-corrected chi connectivity index (χ0v) is 22.4. The number of allylic oxidation sites excluding steroid dienone is 2. The molecule has 1 saturated carbocycles. The van der Waals surface area contributed by atoms with Crippen molar-refractivity contribution >= 4 is 34.6 Å². The fourth-order valence-electron chi connectivity index (χ4n) is 5.82. The molecule has 3 heterocycles. The third kappa shape index (κ3) is 5.70. The topological polar surface area (TPSA) is 90.4 Å². The Labute approximate surface area is 218 Å². The van der Waals surface area contributed by atoms with Crippen LogP contribution in [0.4, 0.5) is 0 Å². The molecule has 36 heavy (non-hydrogen) atoms.